The van der Waals surface area contributed by atoms with Crippen LogP contribution in [0.5, 0.6) is 0 Å². The molecule has 0 aliphatic carbocycles. The molecule has 2 aromatic rings. The van der Waals surface area contributed by atoms with Gasteiger partial charge in [-0.15, -0.1) is 0 Å². The summed E-state index contributed by atoms with van der Waals surface area (Å²) < 4.78 is 0. The zero-order valence-corrected chi connectivity index (χ0v) is 12.8. The molecule has 0 saturated carbocycles. The van der Waals surface area contributed by atoms with Crippen molar-refractivity contribution in [3.05, 3.63) is 59.7 Å². The van der Waals surface area contributed by atoms with Gasteiger partial charge >= 0.3 is 0 Å². The van der Waals surface area contributed by atoms with Gasteiger partial charge in [0.05, 0.1) is 0 Å². The van der Waals surface area contributed by atoms with Gasteiger partial charge in [0.1, 0.15) is 0 Å². The minimum Gasteiger partial charge on any atom is -0.385 e. The van der Waals surface area contributed by atoms with Gasteiger partial charge in [0.25, 0.3) is 0 Å². The van der Waals surface area contributed by atoms with E-state index in [2.05, 4.69) is 10.6 Å². The van der Waals surface area contributed by atoms with E-state index < -0.39 is 0 Å². The van der Waals surface area contributed by atoms with Crippen LogP contribution in [0, 0.1) is 6.92 Å². The van der Waals surface area contributed by atoms with E-state index in [4.69, 9.17) is 0 Å². The summed E-state index contributed by atoms with van der Waals surface area (Å²) in [7, 11) is 0. The molecule has 2 rings (SSSR count). The van der Waals surface area contributed by atoms with Crippen LogP contribution in [0.4, 0.5) is 11.4 Å². The number of Topliss-reactive ketones (excluding diaryl/α,β-unsaturated/α-hetero) is 1. The standard InChI is InChI=1S/C18H20N2O2/c1-13-3-7-16(8-4-13)19-12-11-18(22)20-17-9-5-15(6-10-17)14(2)21/h3-10,19H,11-12H2,1-2H3,(H,20,22). The highest BCUT2D eigenvalue weighted by atomic mass is 16.1. The summed E-state index contributed by atoms with van der Waals surface area (Å²) in [5.41, 5.74) is 3.55. The lowest BCUT2D eigenvalue weighted by Gasteiger charge is -2.08. The monoisotopic (exact) mass is 296 g/mol. The lowest BCUT2D eigenvalue weighted by atomic mass is 10.1. The Bertz CT molecular complexity index is 646. The second-order valence-corrected chi connectivity index (χ2v) is 5.22. The highest BCUT2D eigenvalue weighted by molar-refractivity contribution is 5.95. The molecule has 0 spiro atoms. The van der Waals surface area contributed by atoms with Crippen molar-refractivity contribution in [2.75, 3.05) is 17.2 Å². The average Bonchev–Trinajstić information content (AvgIpc) is 2.50. The van der Waals surface area contributed by atoms with Crippen molar-refractivity contribution >= 4 is 23.1 Å². The maximum Gasteiger partial charge on any atom is 0.226 e. The van der Waals surface area contributed by atoms with Gasteiger partial charge in [-0.3, -0.25) is 9.59 Å². The molecule has 0 fully saturated rings. The van der Waals surface area contributed by atoms with E-state index >= 15 is 0 Å². The van der Waals surface area contributed by atoms with Crippen molar-refractivity contribution in [2.45, 2.75) is 20.3 Å². The lowest BCUT2D eigenvalue weighted by Crippen LogP contribution is -2.16. The third-order valence-corrected chi connectivity index (χ3v) is 3.31. The molecule has 0 bridgehead atoms. The Morgan fingerprint density at radius 1 is 0.909 bits per heavy atom. The zero-order chi connectivity index (χ0) is 15.9. The number of anilines is 2. The SMILES string of the molecule is CC(=O)c1ccc(NC(=O)CCNc2ccc(C)cc2)cc1. The summed E-state index contributed by atoms with van der Waals surface area (Å²) in [4.78, 5) is 23.0. The Hall–Kier alpha value is -2.62. The molecule has 4 heteroatoms. The van der Waals surface area contributed by atoms with E-state index in [1.165, 1.54) is 12.5 Å². The second kappa shape index (κ2) is 7.41. The van der Waals surface area contributed by atoms with E-state index in [-0.39, 0.29) is 11.7 Å². The molecule has 0 saturated heterocycles. The third-order valence-electron chi connectivity index (χ3n) is 3.31. The van der Waals surface area contributed by atoms with Crippen LogP contribution in [-0.2, 0) is 4.79 Å². The fraction of sp³-hybridized carbons (Fsp3) is 0.222. The number of rotatable bonds is 6. The van der Waals surface area contributed by atoms with Crippen LogP contribution in [0.15, 0.2) is 48.5 Å². The minimum absolute atomic E-state index is 0.0141. The van der Waals surface area contributed by atoms with E-state index in [9.17, 15) is 9.59 Å². The molecule has 0 aliphatic heterocycles. The first-order chi connectivity index (χ1) is 10.5. The number of ketones is 1. The first kappa shape index (κ1) is 15.8. The van der Waals surface area contributed by atoms with Gasteiger partial charge in [0, 0.05) is 29.9 Å². The van der Waals surface area contributed by atoms with Crippen LogP contribution in [0.3, 0.4) is 0 Å². The second-order valence-electron chi connectivity index (χ2n) is 5.22. The Labute approximate surface area is 130 Å². The molecule has 0 aromatic heterocycles. The predicted octanol–water partition coefficient (Wildman–Crippen LogP) is 3.64. The Morgan fingerprint density at radius 2 is 1.50 bits per heavy atom. The van der Waals surface area contributed by atoms with Crippen LogP contribution < -0.4 is 10.6 Å². The van der Waals surface area contributed by atoms with Gasteiger partial charge < -0.3 is 10.6 Å². The highest BCUT2D eigenvalue weighted by Gasteiger charge is 2.03. The molecular weight excluding hydrogens is 276 g/mol. The molecule has 0 heterocycles. The first-order valence-corrected chi connectivity index (χ1v) is 7.26. The number of aryl methyl sites for hydroxylation is 1. The Morgan fingerprint density at radius 3 is 2.09 bits per heavy atom. The molecule has 0 unspecified atom stereocenters. The van der Waals surface area contributed by atoms with Crippen molar-refractivity contribution in [3.63, 3.8) is 0 Å². The van der Waals surface area contributed by atoms with Gasteiger partial charge in [0.2, 0.25) is 5.91 Å². The summed E-state index contributed by atoms with van der Waals surface area (Å²) in [6.45, 7) is 4.12. The van der Waals surface area contributed by atoms with E-state index in [1.807, 2.05) is 31.2 Å². The van der Waals surface area contributed by atoms with Crippen molar-refractivity contribution < 1.29 is 9.59 Å². The maximum absolute atomic E-state index is 11.9. The molecule has 22 heavy (non-hydrogen) atoms. The molecule has 4 nitrogen and oxygen atoms in total. The number of hydrogen-bond acceptors (Lipinski definition) is 3. The van der Waals surface area contributed by atoms with E-state index in [1.54, 1.807) is 24.3 Å². The van der Waals surface area contributed by atoms with Crippen molar-refractivity contribution in [2.24, 2.45) is 0 Å². The largest absolute Gasteiger partial charge is 0.385 e. The zero-order valence-electron chi connectivity index (χ0n) is 12.8. The first-order valence-electron chi connectivity index (χ1n) is 7.26. The van der Waals surface area contributed by atoms with Crippen molar-refractivity contribution in [3.8, 4) is 0 Å². The van der Waals surface area contributed by atoms with E-state index in [0.717, 1.165) is 5.69 Å². The quantitative estimate of drug-likeness (QED) is 0.800. The summed E-state index contributed by atoms with van der Waals surface area (Å²) in [6.07, 6.45) is 0.377. The topological polar surface area (TPSA) is 58.2 Å². The van der Waals surface area contributed by atoms with Gasteiger partial charge in [-0.05, 0) is 50.2 Å². The van der Waals surface area contributed by atoms with Crippen LogP contribution in [-0.4, -0.2) is 18.2 Å². The van der Waals surface area contributed by atoms with Gasteiger partial charge in [-0.25, -0.2) is 0 Å². The number of nitrogens with one attached hydrogen (secondary N) is 2. The van der Waals surface area contributed by atoms with Crippen LogP contribution >= 0.6 is 0 Å². The number of hydrogen-bond donors (Lipinski definition) is 2. The van der Waals surface area contributed by atoms with Gasteiger partial charge in [-0.2, -0.15) is 0 Å². The highest BCUT2D eigenvalue weighted by Crippen LogP contribution is 2.11. The molecule has 114 valence electrons. The lowest BCUT2D eigenvalue weighted by molar-refractivity contribution is -0.115. The van der Waals surface area contributed by atoms with Crippen molar-refractivity contribution in [1.82, 2.24) is 0 Å². The smallest absolute Gasteiger partial charge is 0.226 e. The Balaban J connectivity index is 1.77. The number of carbonyl (C=O) groups is 2. The van der Waals surface area contributed by atoms with Crippen molar-refractivity contribution in [1.29, 1.82) is 0 Å². The summed E-state index contributed by atoms with van der Waals surface area (Å²) in [6, 6.07) is 14.9. The maximum atomic E-state index is 11.9. The fourth-order valence-electron chi connectivity index (χ4n) is 2.00. The molecule has 0 aliphatic rings. The normalized spacial score (nSPS) is 10.1. The number of benzene rings is 2. The van der Waals surface area contributed by atoms with Crippen LogP contribution in [0.1, 0.15) is 29.3 Å². The number of carbonyl (C=O) groups excluding carboxylic acids is 2. The summed E-state index contributed by atoms with van der Waals surface area (Å²) in [5, 5.41) is 6.02. The third kappa shape index (κ3) is 4.74. The predicted molar refractivity (Wildman–Crippen MR) is 89.4 cm³/mol. The van der Waals surface area contributed by atoms with Crippen LogP contribution in [0.25, 0.3) is 0 Å². The molecule has 0 atom stereocenters. The summed E-state index contributed by atoms with van der Waals surface area (Å²) in [5.74, 6) is -0.0460. The Kier molecular flexibility index (Phi) is 5.31. The van der Waals surface area contributed by atoms with Gasteiger partial charge in [-0.1, -0.05) is 17.7 Å². The molecular formula is C18H20N2O2. The number of amides is 1. The molecule has 1 amide bonds. The van der Waals surface area contributed by atoms with E-state index in [0.29, 0.717) is 24.2 Å². The molecule has 2 N–H and O–H groups in total. The van der Waals surface area contributed by atoms with Gasteiger partial charge in [0.15, 0.2) is 5.78 Å². The molecule has 0 radical (unpaired) electrons. The molecule has 2 aromatic carbocycles. The fourth-order valence-corrected chi connectivity index (χ4v) is 2.00. The average molecular weight is 296 g/mol. The minimum atomic E-state index is -0.0600. The summed E-state index contributed by atoms with van der Waals surface area (Å²) >= 11 is 0. The van der Waals surface area contributed by atoms with Crippen LogP contribution in [0.2, 0.25) is 0 Å².